The highest BCUT2D eigenvalue weighted by molar-refractivity contribution is 7.92. The summed E-state index contributed by atoms with van der Waals surface area (Å²) in [6.45, 7) is 7.94. The zero-order valence-electron chi connectivity index (χ0n) is 17.7. The third kappa shape index (κ3) is 6.31. The maximum absolute atomic E-state index is 12.2. The van der Waals surface area contributed by atoms with E-state index < -0.39 is 9.84 Å². The van der Waals surface area contributed by atoms with Crippen LogP contribution in [0.5, 0.6) is 0 Å². The van der Waals surface area contributed by atoms with E-state index in [4.69, 9.17) is 0 Å². The Labute approximate surface area is 176 Å². The summed E-state index contributed by atoms with van der Waals surface area (Å²) in [4.78, 5) is 3.01. The van der Waals surface area contributed by atoms with Gasteiger partial charge in [0, 0.05) is 12.2 Å². The summed E-state index contributed by atoms with van der Waals surface area (Å²) in [6.07, 6.45) is 4.65. The van der Waals surface area contributed by atoms with E-state index in [1.165, 1.54) is 24.1 Å². The van der Waals surface area contributed by atoms with Gasteiger partial charge in [0.2, 0.25) is 0 Å². The molecular formula is C24H34N2O2S. The fourth-order valence-corrected chi connectivity index (χ4v) is 4.99. The molecule has 2 aromatic rings. The van der Waals surface area contributed by atoms with Crippen LogP contribution in [0.4, 0.5) is 5.69 Å². The number of nitrogens with zero attached hydrogens (tertiary/aromatic N) is 1. The second kappa shape index (κ2) is 10.3. The van der Waals surface area contributed by atoms with Crippen LogP contribution in [0.3, 0.4) is 0 Å². The molecule has 1 N–H and O–H groups in total. The van der Waals surface area contributed by atoms with Crippen molar-refractivity contribution < 1.29 is 8.42 Å². The number of anilines is 1. The van der Waals surface area contributed by atoms with Gasteiger partial charge < -0.3 is 10.2 Å². The first-order chi connectivity index (χ1) is 13.9. The van der Waals surface area contributed by atoms with Crippen molar-refractivity contribution in [1.82, 2.24) is 4.90 Å². The van der Waals surface area contributed by atoms with Gasteiger partial charge in [0.05, 0.1) is 10.1 Å². The number of hydrogen-bond donors (Lipinski definition) is 1. The molecule has 0 bridgehead atoms. The van der Waals surface area contributed by atoms with E-state index in [1.54, 1.807) is 26.0 Å². The van der Waals surface area contributed by atoms with Crippen molar-refractivity contribution in [2.45, 2.75) is 49.7 Å². The molecule has 0 atom stereocenters. The number of sulfone groups is 1. The lowest BCUT2D eigenvalue weighted by molar-refractivity contribution is 0.183. The minimum absolute atomic E-state index is 0.374. The molecule has 1 heterocycles. The van der Waals surface area contributed by atoms with E-state index in [0.717, 1.165) is 39.0 Å². The molecular weight excluding hydrogens is 380 g/mol. The van der Waals surface area contributed by atoms with Crippen molar-refractivity contribution in [2.75, 3.05) is 31.5 Å². The van der Waals surface area contributed by atoms with Crippen molar-refractivity contribution in [2.24, 2.45) is 5.92 Å². The van der Waals surface area contributed by atoms with Crippen LogP contribution in [0.1, 0.15) is 38.7 Å². The predicted molar refractivity (Wildman–Crippen MR) is 121 cm³/mol. The fourth-order valence-electron chi connectivity index (χ4n) is 3.93. The van der Waals surface area contributed by atoms with Crippen LogP contribution in [-0.4, -0.2) is 44.7 Å². The van der Waals surface area contributed by atoms with Crippen LogP contribution in [0.15, 0.2) is 59.5 Å². The van der Waals surface area contributed by atoms with E-state index in [0.29, 0.717) is 10.8 Å². The van der Waals surface area contributed by atoms with E-state index in [2.05, 4.69) is 34.5 Å². The third-order valence-corrected chi connectivity index (χ3v) is 8.03. The lowest BCUT2D eigenvalue weighted by atomic mass is 9.90. The van der Waals surface area contributed by atoms with E-state index in [-0.39, 0.29) is 5.25 Å². The molecule has 0 radical (unpaired) electrons. The second-order valence-electron chi connectivity index (χ2n) is 8.37. The molecule has 1 aliphatic rings. The number of para-hydroxylation sites is 1. The molecule has 0 spiro atoms. The number of piperidine rings is 1. The van der Waals surface area contributed by atoms with Gasteiger partial charge in [-0.3, -0.25) is 0 Å². The zero-order valence-corrected chi connectivity index (χ0v) is 18.5. The summed E-state index contributed by atoms with van der Waals surface area (Å²) in [5, 5.41) is 3.10. The Morgan fingerprint density at radius 3 is 2.28 bits per heavy atom. The molecule has 0 unspecified atom stereocenters. The minimum atomic E-state index is -3.17. The molecule has 1 saturated heterocycles. The predicted octanol–water partition coefficient (Wildman–Crippen LogP) is 4.63. The van der Waals surface area contributed by atoms with Gasteiger partial charge in [-0.1, -0.05) is 30.3 Å². The summed E-state index contributed by atoms with van der Waals surface area (Å²) < 4.78 is 24.5. The molecule has 5 heteroatoms. The Hall–Kier alpha value is -1.85. The van der Waals surface area contributed by atoms with Crippen LogP contribution in [0.2, 0.25) is 0 Å². The number of rotatable bonds is 9. The standard InChI is InChI=1S/C24H34N2O2S/c1-20(2)29(27,28)24-11-9-21(10-12-24)19-22-13-17-26(18-14-22)16-6-15-25-23-7-4-3-5-8-23/h3-5,7-12,20,22,25H,6,13-19H2,1-2H3. The average Bonchev–Trinajstić information content (AvgIpc) is 2.73. The third-order valence-electron chi connectivity index (χ3n) is 5.86. The highest BCUT2D eigenvalue weighted by atomic mass is 32.2. The highest BCUT2D eigenvalue weighted by Crippen LogP contribution is 2.23. The molecule has 29 heavy (non-hydrogen) atoms. The average molecular weight is 415 g/mol. The van der Waals surface area contributed by atoms with Gasteiger partial charge in [-0.2, -0.15) is 0 Å². The Kier molecular flexibility index (Phi) is 7.73. The lowest BCUT2D eigenvalue weighted by Gasteiger charge is -2.32. The second-order valence-corrected chi connectivity index (χ2v) is 10.9. The van der Waals surface area contributed by atoms with Gasteiger partial charge in [-0.25, -0.2) is 8.42 Å². The molecule has 3 rings (SSSR count). The van der Waals surface area contributed by atoms with Crippen LogP contribution in [0.25, 0.3) is 0 Å². The van der Waals surface area contributed by atoms with Crippen molar-refractivity contribution >= 4 is 15.5 Å². The molecule has 158 valence electrons. The monoisotopic (exact) mass is 414 g/mol. The summed E-state index contributed by atoms with van der Waals surface area (Å²) >= 11 is 0. The normalized spacial score (nSPS) is 16.2. The molecule has 1 aliphatic heterocycles. The van der Waals surface area contributed by atoms with Gasteiger partial charge in [-0.15, -0.1) is 0 Å². The molecule has 2 aromatic carbocycles. The fraction of sp³-hybridized carbons (Fsp3) is 0.500. The minimum Gasteiger partial charge on any atom is -0.385 e. The van der Waals surface area contributed by atoms with Gasteiger partial charge in [0.1, 0.15) is 0 Å². The van der Waals surface area contributed by atoms with Crippen LogP contribution < -0.4 is 5.32 Å². The Bertz CT molecular complexity index is 840. The number of benzene rings is 2. The molecule has 1 fully saturated rings. The van der Waals surface area contributed by atoms with Crippen molar-refractivity contribution in [3.8, 4) is 0 Å². The quantitative estimate of drug-likeness (QED) is 0.608. The van der Waals surface area contributed by atoms with E-state index in [9.17, 15) is 8.42 Å². The van der Waals surface area contributed by atoms with Crippen LogP contribution >= 0.6 is 0 Å². The van der Waals surface area contributed by atoms with E-state index >= 15 is 0 Å². The van der Waals surface area contributed by atoms with Gasteiger partial charge in [0.25, 0.3) is 0 Å². The number of nitrogens with one attached hydrogen (secondary N) is 1. The Morgan fingerprint density at radius 1 is 1.00 bits per heavy atom. The number of hydrogen-bond acceptors (Lipinski definition) is 4. The summed E-state index contributed by atoms with van der Waals surface area (Å²) in [5.41, 5.74) is 2.44. The first-order valence-corrected chi connectivity index (χ1v) is 12.3. The van der Waals surface area contributed by atoms with Crippen molar-refractivity contribution in [3.05, 3.63) is 60.2 Å². The first-order valence-electron chi connectivity index (χ1n) is 10.8. The largest absolute Gasteiger partial charge is 0.385 e. The number of likely N-dealkylation sites (tertiary alicyclic amines) is 1. The van der Waals surface area contributed by atoms with Crippen molar-refractivity contribution in [3.63, 3.8) is 0 Å². The van der Waals surface area contributed by atoms with Crippen LogP contribution in [0, 0.1) is 5.92 Å². The SMILES string of the molecule is CC(C)S(=O)(=O)c1ccc(CC2CCN(CCCNc3ccccc3)CC2)cc1. The molecule has 0 aromatic heterocycles. The van der Waals surface area contributed by atoms with Crippen molar-refractivity contribution in [1.29, 1.82) is 0 Å². The van der Waals surface area contributed by atoms with E-state index in [1.807, 2.05) is 18.2 Å². The summed E-state index contributed by atoms with van der Waals surface area (Å²) in [6, 6.07) is 17.9. The molecule has 0 saturated carbocycles. The zero-order chi connectivity index (χ0) is 20.7. The summed E-state index contributed by atoms with van der Waals surface area (Å²) in [5.74, 6) is 0.696. The van der Waals surface area contributed by atoms with Gasteiger partial charge in [0.15, 0.2) is 9.84 Å². The molecule has 0 amide bonds. The topological polar surface area (TPSA) is 49.4 Å². The smallest absolute Gasteiger partial charge is 0.180 e. The lowest BCUT2D eigenvalue weighted by Crippen LogP contribution is -2.35. The van der Waals surface area contributed by atoms with Crippen LogP contribution in [-0.2, 0) is 16.3 Å². The molecule has 4 nitrogen and oxygen atoms in total. The maximum Gasteiger partial charge on any atom is 0.180 e. The van der Waals surface area contributed by atoms with Gasteiger partial charge >= 0.3 is 0 Å². The summed E-state index contributed by atoms with van der Waals surface area (Å²) in [7, 11) is -3.17. The molecule has 0 aliphatic carbocycles. The maximum atomic E-state index is 12.2. The Balaban J connectivity index is 1.37. The Morgan fingerprint density at radius 2 is 1.66 bits per heavy atom. The van der Waals surface area contributed by atoms with Gasteiger partial charge in [-0.05, 0) is 94.9 Å². The first kappa shape index (κ1) is 21.8. The highest BCUT2D eigenvalue weighted by Gasteiger charge is 2.21.